The summed E-state index contributed by atoms with van der Waals surface area (Å²) in [6.45, 7) is 4.81. The van der Waals surface area contributed by atoms with Gasteiger partial charge in [0, 0.05) is 31.0 Å². The van der Waals surface area contributed by atoms with Gasteiger partial charge in [0.25, 0.3) is 0 Å². The zero-order valence-electron chi connectivity index (χ0n) is 13.3. The molecule has 2 heterocycles. The molecule has 1 fully saturated rings. The first-order chi connectivity index (χ1) is 10.2. The molecule has 0 aliphatic carbocycles. The zero-order valence-corrected chi connectivity index (χ0v) is 14.1. The summed E-state index contributed by atoms with van der Waals surface area (Å²) in [5.41, 5.74) is 9.32. The van der Waals surface area contributed by atoms with Crippen LogP contribution in [0.2, 0.25) is 0 Å². The highest BCUT2D eigenvalue weighted by molar-refractivity contribution is 5.86. The molecule has 3 rings (SSSR count). The number of nitrogens with two attached hydrogens (primary N) is 1. The Hall–Kier alpha value is -1.42. The number of amides is 1. The normalized spacial score (nSPS) is 19.1. The van der Waals surface area contributed by atoms with Crippen LogP contribution in [0.15, 0.2) is 18.2 Å². The number of carbonyl (C=O) groups is 1. The highest BCUT2D eigenvalue weighted by atomic mass is 35.5. The van der Waals surface area contributed by atoms with Crippen LogP contribution in [-0.4, -0.2) is 36.5 Å². The van der Waals surface area contributed by atoms with E-state index in [2.05, 4.69) is 11.0 Å². The first-order valence-corrected chi connectivity index (χ1v) is 8.11. The maximum atomic E-state index is 12.7. The highest BCUT2D eigenvalue weighted by Gasteiger charge is 2.30. The fraction of sp³-hybridized carbons (Fsp3) is 0.588. The molecule has 2 aliphatic heterocycles. The van der Waals surface area contributed by atoms with Gasteiger partial charge in [0.05, 0.1) is 0 Å². The summed E-state index contributed by atoms with van der Waals surface area (Å²) < 4.78 is 0. The monoisotopic (exact) mass is 323 g/mol. The Bertz CT molecular complexity index is 529. The van der Waals surface area contributed by atoms with Gasteiger partial charge in [0.15, 0.2) is 0 Å². The lowest BCUT2D eigenvalue weighted by Gasteiger charge is -2.39. The molecule has 1 atom stereocenters. The fourth-order valence-corrected chi connectivity index (χ4v) is 3.59. The maximum Gasteiger partial charge on any atom is 0.244 e. The number of hydrogen-bond donors (Lipinski definition) is 1. The lowest BCUT2D eigenvalue weighted by atomic mass is 9.98. The Morgan fingerprint density at radius 2 is 1.86 bits per heavy atom. The Morgan fingerprint density at radius 1 is 1.14 bits per heavy atom. The Balaban J connectivity index is 0.00000176. The number of piperidine rings is 1. The minimum Gasteiger partial charge on any atom is -0.398 e. The number of hydrogen-bond acceptors (Lipinski definition) is 3. The summed E-state index contributed by atoms with van der Waals surface area (Å²) in [5.74, 6) is 0.268. The summed E-state index contributed by atoms with van der Waals surface area (Å²) in [6, 6.07) is 5.96. The van der Waals surface area contributed by atoms with Gasteiger partial charge in [-0.05, 0) is 56.7 Å². The fourth-order valence-electron chi connectivity index (χ4n) is 3.59. The molecule has 0 aromatic heterocycles. The van der Waals surface area contributed by atoms with Gasteiger partial charge in [0.1, 0.15) is 6.04 Å². The average Bonchev–Trinajstić information content (AvgIpc) is 2.54. The molecular formula is C17H26ClN3O. The third-order valence-electron chi connectivity index (χ3n) is 4.82. The summed E-state index contributed by atoms with van der Waals surface area (Å²) in [5, 5.41) is 0. The molecule has 2 aliphatic rings. The molecule has 2 N–H and O–H groups in total. The van der Waals surface area contributed by atoms with Crippen molar-refractivity contribution in [2.45, 2.75) is 45.1 Å². The highest BCUT2D eigenvalue weighted by Crippen LogP contribution is 2.33. The molecule has 0 bridgehead atoms. The predicted molar refractivity (Wildman–Crippen MR) is 93.7 cm³/mol. The van der Waals surface area contributed by atoms with Gasteiger partial charge in [-0.25, -0.2) is 0 Å². The molecule has 1 aromatic rings. The number of benzene rings is 1. The van der Waals surface area contributed by atoms with E-state index in [1.54, 1.807) is 0 Å². The summed E-state index contributed by atoms with van der Waals surface area (Å²) >= 11 is 0. The van der Waals surface area contributed by atoms with Crippen molar-refractivity contribution >= 4 is 29.7 Å². The Kier molecular flexibility index (Phi) is 5.57. The van der Waals surface area contributed by atoms with Crippen LogP contribution < -0.4 is 10.6 Å². The average molecular weight is 324 g/mol. The van der Waals surface area contributed by atoms with Crippen molar-refractivity contribution in [3.8, 4) is 0 Å². The molecule has 5 heteroatoms. The Morgan fingerprint density at radius 3 is 2.59 bits per heavy atom. The van der Waals surface area contributed by atoms with Crippen LogP contribution >= 0.6 is 12.4 Å². The molecule has 0 spiro atoms. The molecule has 1 unspecified atom stereocenters. The third kappa shape index (κ3) is 3.17. The molecule has 4 nitrogen and oxygen atoms in total. The number of likely N-dealkylation sites (tertiary alicyclic amines) is 1. The van der Waals surface area contributed by atoms with E-state index in [9.17, 15) is 4.79 Å². The number of rotatable bonds is 2. The molecule has 1 amide bonds. The molecule has 122 valence electrons. The molecule has 0 saturated carbocycles. The molecule has 1 aromatic carbocycles. The van der Waals surface area contributed by atoms with Gasteiger partial charge in [-0.2, -0.15) is 0 Å². The van der Waals surface area contributed by atoms with E-state index in [-0.39, 0.29) is 24.4 Å². The number of anilines is 2. The van der Waals surface area contributed by atoms with Crippen LogP contribution in [0.5, 0.6) is 0 Å². The number of carbonyl (C=O) groups excluding carboxylic acids is 1. The minimum absolute atomic E-state index is 0. The number of fused-ring (bicyclic) bond motifs is 1. The topological polar surface area (TPSA) is 49.6 Å². The van der Waals surface area contributed by atoms with E-state index in [0.29, 0.717) is 0 Å². The second-order valence-corrected chi connectivity index (χ2v) is 6.20. The van der Waals surface area contributed by atoms with Crippen LogP contribution in [0.3, 0.4) is 0 Å². The lowest BCUT2D eigenvalue weighted by molar-refractivity contribution is -0.133. The van der Waals surface area contributed by atoms with Crippen molar-refractivity contribution in [3.63, 3.8) is 0 Å². The SMILES string of the molecule is CC(C(=O)N1CCCCC1)N1CCCc2c(N)cccc21.Cl. The second kappa shape index (κ2) is 7.23. The largest absolute Gasteiger partial charge is 0.398 e. The quantitative estimate of drug-likeness (QED) is 0.851. The van der Waals surface area contributed by atoms with Crippen molar-refractivity contribution in [3.05, 3.63) is 23.8 Å². The van der Waals surface area contributed by atoms with Gasteiger partial charge in [-0.3, -0.25) is 4.79 Å². The number of nitrogen functional groups attached to an aromatic ring is 1. The first-order valence-electron chi connectivity index (χ1n) is 8.11. The summed E-state index contributed by atoms with van der Waals surface area (Å²) in [4.78, 5) is 17.0. The first kappa shape index (κ1) is 16.9. The number of halogens is 1. The van der Waals surface area contributed by atoms with Crippen LogP contribution in [-0.2, 0) is 11.2 Å². The van der Waals surface area contributed by atoms with Crippen LogP contribution in [0.25, 0.3) is 0 Å². The van der Waals surface area contributed by atoms with Crippen LogP contribution in [0, 0.1) is 0 Å². The van der Waals surface area contributed by atoms with Crippen LogP contribution in [0.4, 0.5) is 11.4 Å². The molecule has 22 heavy (non-hydrogen) atoms. The predicted octanol–water partition coefficient (Wildman–Crippen LogP) is 2.84. The van der Waals surface area contributed by atoms with Crippen molar-refractivity contribution in [1.29, 1.82) is 0 Å². The second-order valence-electron chi connectivity index (χ2n) is 6.20. The van der Waals surface area contributed by atoms with E-state index in [4.69, 9.17) is 5.73 Å². The van der Waals surface area contributed by atoms with E-state index < -0.39 is 0 Å². The van der Waals surface area contributed by atoms with Crippen molar-refractivity contribution in [2.75, 3.05) is 30.3 Å². The molecular weight excluding hydrogens is 298 g/mol. The lowest BCUT2D eigenvalue weighted by Crippen LogP contribution is -2.50. The Labute approximate surface area is 139 Å². The third-order valence-corrected chi connectivity index (χ3v) is 4.82. The number of nitrogens with zero attached hydrogens (tertiary/aromatic N) is 2. The molecule has 1 saturated heterocycles. The van der Waals surface area contributed by atoms with E-state index in [1.807, 2.05) is 24.0 Å². The van der Waals surface area contributed by atoms with E-state index in [1.165, 1.54) is 12.0 Å². The maximum absolute atomic E-state index is 12.7. The summed E-state index contributed by atoms with van der Waals surface area (Å²) in [6.07, 6.45) is 5.62. The van der Waals surface area contributed by atoms with Gasteiger partial charge in [-0.1, -0.05) is 6.07 Å². The smallest absolute Gasteiger partial charge is 0.244 e. The van der Waals surface area contributed by atoms with E-state index >= 15 is 0 Å². The van der Waals surface area contributed by atoms with Crippen molar-refractivity contribution in [1.82, 2.24) is 4.90 Å². The van der Waals surface area contributed by atoms with Gasteiger partial charge < -0.3 is 15.5 Å². The van der Waals surface area contributed by atoms with Crippen molar-refractivity contribution < 1.29 is 4.79 Å². The van der Waals surface area contributed by atoms with Gasteiger partial charge >= 0.3 is 0 Å². The van der Waals surface area contributed by atoms with Crippen LogP contribution in [0.1, 0.15) is 38.2 Å². The molecule has 0 radical (unpaired) electrons. The van der Waals surface area contributed by atoms with Gasteiger partial charge in [0.2, 0.25) is 5.91 Å². The standard InChI is InChI=1S/C17H25N3O.ClH/c1-13(17(21)19-10-3-2-4-11-19)20-12-6-7-14-15(18)8-5-9-16(14)20;/h5,8-9,13H,2-4,6-7,10-12,18H2,1H3;1H. The summed E-state index contributed by atoms with van der Waals surface area (Å²) in [7, 11) is 0. The zero-order chi connectivity index (χ0) is 14.8. The van der Waals surface area contributed by atoms with E-state index in [0.717, 1.165) is 56.7 Å². The van der Waals surface area contributed by atoms with Crippen molar-refractivity contribution in [2.24, 2.45) is 0 Å². The van der Waals surface area contributed by atoms with Gasteiger partial charge in [-0.15, -0.1) is 12.4 Å². The minimum atomic E-state index is -0.0936.